The fourth-order valence-corrected chi connectivity index (χ4v) is 5.28. The summed E-state index contributed by atoms with van der Waals surface area (Å²) in [5, 5.41) is 8.97. The first kappa shape index (κ1) is 28.9. The number of likely N-dealkylation sites (tertiary alicyclic amines) is 1. The molecule has 3 N–H and O–H groups in total. The molecule has 0 radical (unpaired) electrons. The first-order chi connectivity index (χ1) is 19.6. The van der Waals surface area contributed by atoms with Crippen molar-refractivity contribution in [2.45, 2.75) is 48.1 Å². The van der Waals surface area contributed by atoms with Crippen LogP contribution in [0.1, 0.15) is 35.3 Å². The van der Waals surface area contributed by atoms with Gasteiger partial charge in [-0.3, -0.25) is 9.20 Å². The maximum atomic E-state index is 14.7. The molecule has 3 aromatic rings. The topological polar surface area (TPSA) is 82.9 Å². The molecular formula is C28H30F4N6O2S. The van der Waals surface area contributed by atoms with Crippen molar-refractivity contribution in [2.75, 3.05) is 44.4 Å². The number of alkyl halides is 4. The monoisotopic (exact) mass is 590 g/mol. The summed E-state index contributed by atoms with van der Waals surface area (Å²) in [6.07, 6.45) is 2.83. The van der Waals surface area contributed by atoms with Gasteiger partial charge < -0.3 is 25.6 Å². The highest BCUT2D eigenvalue weighted by Gasteiger charge is 2.34. The summed E-state index contributed by atoms with van der Waals surface area (Å²) in [6, 6.07) is 7.96. The van der Waals surface area contributed by atoms with E-state index in [2.05, 4.69) is 32.8 Å². The number of hydrogen-bond donors (Lipinski definition) is 3. The second-order valence-corrected chi connectivity index (χ2v) is 11.1. The van der Waals surface area contributed by atoms with Crippen molar-refractivity contribution in [3.8, 4) is 17.6 Å². The average molecular weight is 591 g/mol. The second kappa shape index (κ2) is 12.1. The van der Waals surface area contributed by atoms with Gasteiger partial charge in [-0.2, -0.15) is 13.2 Å². The molecule has 3 heterocycles. The minimum Gasteiger partial charge on any atom is -0.495 e. The van der Waals surface area contributed by atoms with Gasteiger partial charge in [0.05, 0.1) is 31.1 Å². The van der Waals surface area contributed by atoms with Crippen LogP contribution >= 0.6 is 11.8 Å². The first-order valence-corrected chi connectivity index (χ1v) is 14.0. The van der Waals surface area contributed by atoms with Crippen molar-refractivity contribution < 1.29 is 27.1 Å². The average Bonchev–Trinajstić information content (AvgIpc) is 3.68. The number of rotatable bonds is 8. The molecule has 2 fully saturated rings. The predicted molar refractivity (Wildman–Crippen MR) is 150 cm³/mol. The molecule has 2 atom stereocenters. The van der Waals surface area contributed by atoms with Crippen LogP contribution in [-0.4, -0.2) is 77.7 Å². The third kappa shape index (κ3) is 7.18. The molecular weight excluding hydrogens is 560 g/mol. The lowest BCUT2D eigenvalue weighted by Crippen LogP contribution is -2.46. The van der Waals surface area contributed by atoms with E-state index in [1.165, 1.54) is 17.7 Å². The number of carbonyl (C=O) groups excluding carboxylic acids is 1. The van der Waals surface area contributed by atoms with Gasteiger partial charge >= 0.3 is 5.51 Å². The number of thioether (sulfide) groups is 1. The van der Waals surface area contributed by atoms with Crippen LogP contribution < -0.4 is 20.7 Å². The molecule has 0 bridgehead atoms. The van der Waals surface area contributed by atoms with Gasteiger partial charge in [-0.05, 0) is 62.6 Å². The number of halogens is 4. The number of carbonyl (C=O) groups is 1. The van der Waals surface area contributed by atoms with Crippen LogP contribution in [0, 0.1) is 11.8 Å². The molecule has 0 spiro atoms. The summed E-state index contributed by atoms with van der Waals surface area (Å²) in [6.45, 7) is 1.03. The maximum absolute atomic E-state index is 14.7. The Kier molecular flexibility index (Phi) is 8.51. The van der Waals surface area contributed by atoms with Crippen LogP contribution in [-0.2, 0) is 0 Å². The Morgan fingerprint density at radius 3 is 2.73 bits per heavy atom. The van der Waals surface area contributed by atoms with Crippen LogP contribution in [0.3, 0.4) is 0 Å². The van der Waals surface area contributed by atoms with Gasteiger partial charge in [-0.25, -0.2) is 9.37 Å². The van der Waals surface area contributed by atoms with Gasteiger partial charge in [-0.15, -0.1) is 0 Å². The third-order valence-electron chi connectivity index (χ3n) is 6.85. The van der Waals surface area contributed by atoms with E-state index in [9.17, 15) is 22.4 Å². The number of ether oxygens (including phenoxy) is 1. The highest BCUT2D eigenvalue weighted by molar-refractivity contribution is 8.00. The predicted octanol–water partition coefficient (Wildman–Crippen LogP) is 4.76. The van der Waals surface area contributed by atoms with Crippen LogP contribution in [0.25, 0.3) is 5.65 Å². The molecule has 2 aromatic heterocycles. The van der Waals surface area contributed by atoms with E-state index in [-0.39, 0.29) is 53.2 Å². The Labute approximate surface area is 239 Å². The number of benzene rings is 1. The van der Waals surface area contributed by atoms with Crippen LogP contribution in [0.5, 0.6) is 5.75 Å². The van der Waals surface area contributed by atoms with E-state index in [1.807, 2.05) is 11.9 Å². The largest absolute Gasteiger partial charge is 0.495 e. The zero-order chi connectivity index (χ0) is 29.1. The Morgan fingerprint density at radius 2 is 2.02 bits per heavy atom. The minimum atomic E-state index is -4.57. The van der Waals surface area contributed by atoms with Gasteiger partial charge in [0.25, 0.3) is 5.91 Å². The zero-order valence-electron chi connectivity index (χ0n) is 22.5. The number of nitrogens with zero attached hydrogens (tertiary/aromatic N) is 3. The fourth-order valence-electron chi connectivity index (χ4n) is 4.62. The smallest absolute Gasteiger partial charge is 0.447 e. The summed E-state index contributed by atoms with van der Waals surface area (Å²) in [5.41, 5.74) is -2.97. The normalized spacial score (nSPS) is 19.4. The van der Waals surface area contributed by atoms with E-state index in [0.29, 0.717) is 35.7 Å². The number of anilines is 2. The summed E-state index contributed by atoms with van der Waals surface area (Å²) in [7, 11) is 3.34. The fraction of sp³-hybridized carbons (Fsp3) is 0.429. The first-order valence-electron chi connectivity index (χ1n) is 13.2. The number of piperidine rings is 1. The number of imidazole rings is 1. The molecule has 1 aliphatic carbocycles. The van der Waals surface area contributed by atoms with Crippen molar-refractivity contribution in [3.63, 3.8) is 0 Å². The molecule has 13 heteroatoms. The van der Waals surface area contributed by atoms with Gasteiger partial charge in [-0.1, -0.05) is 5.92 Å². The molecule has 0 unspecified atom stereocenters. The molecule has 1 saturated carbocycles. The molecule has 41 heavy (non-hydrogen) atoms. The van der Waals surface area contributed by atoms with Crippen molar-refractivity contribution in [1.29, 1.82) is 0 Å². The van der Waals surface area contributed by atoms with Gasteiger partial charge in [0.1, 0.15) is 22.6 Å². The van der Waals surface area contributed by atoms with Crippen molar-refractivity contribution in [3.05, 3.63) is 47.8 Å². The SMILES string of the molecule is COc1ccc(C(=O)NC2CC2)cc1NCC#Cc1nc2c(N[C@@H]3CCN(C)C[C@@H]3F)cccn2c1SC(F)(F)F. The molecule has 1 amide bonds. The molecule has 1 aliphatic heterocycles. The van der Waals surface area contributed by atoms with Crippen LogP contribution in [0.4, 0.5) is 28.9 Å². The zero-order valence-corrected chi connectivity index (χ0v) is 23.3. The highest BCUT2D eigenvalue weighted by atomic mass is 32.2. The Bertz CT molecular complexity index is 1480. The quantitative estimate of drug-likeness (QED) is 0.198. The maximum Gasteiger partial charge on any atom is 0.447 e. The minimum absolute atomic E-state index is 0.0481. The molecule has 1 saturated heterocycles. The highest BCUT2D eigenvalue weighted by Crippen LogP contribution is 2.39. The second-order valence-electron chi connectivity index (χ2n) is 10.1. The number of aromatic nitrogens is 2. The third-order valence-corrected chi connectivity index (χ3v) is 7.67. The Morgan fingerprint density at radius 1 is 1.22 bits per heavy atom. The summed E-state index contributed by atoms with van der Waals surface area (Å²) in [4.78, 5) is 18.8. The number of nitrogens with one attached hydrogen (secondary N) is 3. The lowest BCUT2D eigenvalue weighted by molar-refractivity contribution is -0.0330. The van der Waals surface area contributed by atoms with Gasteiger partial charge in [0, 0.05) is 42.7 Å². The Hall–Kier alpha value is -3.63. The number of pyridine rings is 1. The van der Waals surface area contributed by atoms with Crippen molar-refractivity contribution in [1.82, 2.24) is 19.6 Å². The molecule has 8 nitrogen and oxygen atoms in total. The van der Waals surface area contributed by atoms with E-state index < -0.39 is 17.7 Å². The van der Waals surface area contributed by atoms with Crippen LogP contribution in [0.15, 0.2) is 41.6 Å². The number of fused-ring (bicyclic) bond motifs is 1. The van der Waals surface area contributed by atoms with E-state index >= 15 is 0 Å². The summed E-state index contributed by atoms with van der Waals surface area (Å²) < 4.78 is 61.9. The number of amides is 1. The Balaban J connectivity index is 1.38. The van der Waals surface area contributed by atoms with Gasteiger partial charge in [0.15, 0.2) is 5.65 Å². The molecule has 1 aromatic carbocycles. The van der Waals surface area contributed by atoms with Crippen molar-refractivity contribution >= 4 is 34.7 Å². The van der Waals surface area contributed by atoms with Crippen molar-refractivity contribution in [2.24, 2.45) is 0 Å². The van der Waals surface area contributed by atoms with E-state index in [1.54, 1.807) is 30.3 Å². The number of methoxy groups -OCH3 is 1. The standard InChI is InChI=1S/C28H30F4N6O2S/c1-37-14-11-20(19(29)16-37)35-21-6-4-13-38-25(21)36-22(27(38)41-28(30,31)32)5-3-12-33-23-15-17(7-10-24(23)40-2)26(39)34-18-8-9-18/h4,6-7,10,13,15,18-20,33,35H,8-9,11-12,14,16H2,1-2H3,(H,34,39)/t19-,20+/m0/s1. The van der Waals surface area contributed by atoms with Crippen LogP contribution in [0.2, 0.25) is 0 Å². The lowest BCUT2D eigenvalue weighted by Gasteiger charge is -2.33. The van der Waals surface area contributed by atoms with E-state index in [0.717, 1.165) is 12.8 Å². The van der Waals surface area contributed by atoms with E-state index in [4.69, 9.17) is 4.74 Å². The molecule has 2 aliphatic rings. The summed E-state index contributed by atoms with van der Waals surface area (Å²) in [5.74, 6) is 5.89. The number of hydrogen-bond acceptors (Lipinski definition) is 7. The van der Waals surface area contributed by atoms with Gasteiger partial charge in [0.2, 0.25) is 0 Å². The lowest BCUT2D eigenvalue weighted by atomic mass is 10.0. The molecule has 5 rings (SSSR count). The molecule has 218 valence electrons. The summed E-state index contributed by atoms with van der Waals surface area (Å²) >= 11 is -0.301.